The maximum atomic E-state index is 6.33. The largest absolute Gasteiger partial charge is 0.456 e. The second kappa shape index (κ2) is 10.2. The molecule has 0 bridgehead atoms. The second-order valence-corrected chi connectivity index (χ2v) is 13.3. The molecule has 0 N–H and O–H groups in total. The topological polar surface area (TPSA) is 38.9 Å². The van der Waals surface area contributed by atoms with E-state index in [1.807, 2.05) is 30.3 Å². The van der Waals surface area contributed by atoms with E-state index in [4.69, 9.17) is 14.4 Å². The number of nitrogens with zero attached hydrogens (tertiary/aromatic N) is 2. The summed E-state index contributed by atoms with van der Waals surface area (Å²) in [5.41, 5.74) is 16.4. The maximum absolute atomic E-state index is 6.33. The van der Waals surface area contributed by atoms with Crippen LogP contribution in [0.25, 0.3) is 78.1 Å². The van der Waals surface area contributed by atoms with E-state index in [0.29, 0.717) is 5.82 Å². The molecule has 9 aromatic rings. The van der Waals surface area contributed by atoms with Gasteiger partial charge in [-0.2, -0.15) is 0 Å². The Morgan fingerprint density at radius 2 is 0.940 bits per heavy atom. The fourth-order valence-electron chi connectivity index (χ4n) is 8.70. The lowest BCUT2D eigenvalue weighted by molar-refractivity contribution is 0.669. The summed E-state index contributed by atoms with van der Waals surface area (Å²) in [5.74, 6) is 0.692. The van der Waals surface area contributed by atoms with Crippen LogP contribution in [0.3, 0.4) is 0 Å². The van der Waals surface area contributed by atoms with Crippen LogP contribution in [-0.2, 0) is 5.41 Å². The normalized spacial score (nSPS) is 13.4. The summed E-state index contributed by atoms with van der Waals surface area (Å²) in [6.45, 7) is 0. The number of hydrogen-bond acceptors (Lipinski definition) is 3. The Balaban J connectivity index is 1.21. The highest BCUT2D eigenvalue weighted by molar-refractivity contribution is 6.06. The Bertz CT molecular complexity index is 2770. The zero-order valence-corrected chi connectivity index (χ0v) is 27.0. The molecule has 2 heterocycles. The highest BCUT2D eigenvalue weighted by Crippen LogP contribution is 2.64. The van der Waals surface area contributed by atoms with Crippen molar-refractivity contribution in [2.45, 2.75) is 5.41 Å². The standard InChI is InChI=1S/C47H28N2O/c1-2-13-29(14-3-1)46-48-41(30-25-26-35-34-18-7-11-24-43(34)50-44(35)27-30)28-42(49-46)37-20-12-19-36-33-17-6-10-23-40(33)47(45(36)37)38-21-8-4-15-31(38)32-16-5-9-22-39(32)47/h1-28H. The van der Waals surface area contributed by atoms with E-state index >= 15 is 0 Å². The molecule has 1 spiro atoms. The highest BCUT2D eigenvalue weighted by atomic mass is 16.3. The molecule has 232 valence electrons. The van der Waals surface area contributed by atoms with Crippen molar-refractivity contribution >= 4 is 21.9 Å². The number of hydrogen-bond donors (Lipinski definition) is 0. The van der Waals surface area contributed by atoms with Crippen molar-refractivity contribution < 1.29 is 4.42 Å². The summed E-state index contributed by atoms with van der Waals surface area (Å²) in [5, 5.41) is 2.21. The van der Waals surface area contributed by atoms with Gasteiger partial charge in [0, 0.05) is 27.5 Å². The molecule has 0 saturated carbocycles. The minimum absolute atomic E-state index is 0.485. The van der Waals surface area contributed by atoms with E-state index in [2.05, 4.69) is 140 Å². The van der Waals surface area contributed by atoms with Gasteiger partial charge in [-0.1, -0.05) is 146 Å². The van der Waals surface area contributed by atoms with Gasteiger partial charge in [0.05, 0.1) is 16.8 Å². The first-order chi connectivity index (χ1) is 24.8. The van der Waals surface area contributed by atoms with Gasteiger partial charge in [0.15, 0.2) is 5.82 Å². The van der Waals surface area contributed by atoms with E-state index in [0.717, 1.165) is 50.0 Å². The van der Waals surface area contributed by atoms with Crippen LogP contribution in [0.2, 0.25) is 0 Å². The van der Waals surface area contributed by atoms with Crippen LogP contribution in [0.1, 0.15) is 22.3 Å². The molecule has 3 heteroatoms. The van der Waals surface area contributed by atoms with Crippen LogP contribution < -0.4 is 0 Å². The van der Waals surface area contributed by atoms with Gasteiger partial charge in [0.25, 0.3) is 0 Å². The number of furan rings is 1. The van der Waals surface area contributed by atoms with Crippen molar-refractivity contribution in [2.24, 2.45) is 0 Å². The van der Waals surface area contributed by atoms with Gasteiger partial charge in [-0.05, 0) is 68.8 Å². The van der Waals surface area contributed by atoms with Crippen molar-refractivity contribution in [1.82, 2.24) is 9.97 Å². The minimum atomic E-state index is -0.485. The fraction of sp³-hybridized carbons (Fsp3) is 0.0213. The summed E-state index contributed by atoms with van der Waals surface area (Å²) in [4.78, 5) is 10.6. The molecule has 3 nitrogen and oxygen atoms in total. The zero-order valence-electron chi connectivity index (χ0n) is 27.0. The Hall–Kier alpha value is -6.58. The third-order valence-corrected chi connectivity index (χ3v) is 10.7. The molecular weight excluding hydrogens is 609 g/mol. The fourth-order valence-corrected chi connectivity index (χ4v) is 8.70. The van der Waals surface area contributed by atoms with Crippen LogP contribution in [0.5, 0.6) is 0 Å². The molecule has 0 amide bonds. The van der Waals surface area contributed by atoms with Crippen molar-refractivity contribution in [3.05, 3.63) is 192 Å². The van der Waals surface area contributed by atoms with Crippen LogP contribution in [0.4, 0.5) is 0 Å². The average Bonchev–Trinajstić information content (AvgIpc) is 3.82. The second-order valence-electron chi connectivity index (χ2n) is 13.3. The Morgan fingerprint density at radius 3 is 1.68 bits per heavy atom. The summed E-state index contributed by atoms with van der Waals surface area (Å²) >= 11 is 0. The summed E-state index contributed by atoms with van der Waals surface area (Å²) < 4.78 is 6.33. The smallest absolute Gasteiger partial charge is 0.160 e. The van der Waals surface area contributed by atoms with Gasteiger partial charge >= 0.3 is 0 Å². The molecule has 0 saturated heterocycles. The molecule has 0 fully saturated rings. The summed E-state index contributed by atoms with van der Waals surface area (Å²) in [6.07, 6.45) is 0. The predicted octanol–water partition coefficient (Wildman–Crippen LogP) is 11.7. The molecule has 2 aliphatic rings. The predicted molar refractivity (Wildman–Crippen MR) is 202 cm³/mol. The molecule has 0 aliphatic heterocycles. The van der Waals surface area contributed by atoms with Gasteiger partial charge in [0.1, 0.15) is 11.2 Å². The first-order valence-corrected chi connectivity index (χ1v) is 17.1. The van der Waals surface area contributed by atoms with Gasteiger partial charge < -0.3 is 4.42 Å². The lowest BCUT2D eigenvalue weighted by Crippen LogP contribution is -2.26. The highest BCUT2D eigenvalue weighted by Gasteiger charge is 2.52. The lowest BCUT2D eigenvalue weighted by atomic mass is 9.69. The molecule has 0 atom stereocenters. The number of benzene rings is 7. The third-order valence-electron chi connectivity index (χ3n) is 10.7. The van der Waals surface area contributed by atoms with Crippen LogP contribution >= 0.6 is 0 Å². The zero-order chi connectivity index (χ0) is 32.8. The van der Waals surface area contributed by atoms with E-state index in [-0.39, 0.29) is 0 Å². The number of fused-ring (bicyclic) bond motifs is 13. The van der Waals surface area contributed by atoms with Gasteiger partial charge in [-0.25, -0.2) is 9.97 Å². The molecule has 0 radical (unpaired) electrons. The summed E-state index contributed by atoms with van der Waals surface area (Å²) in [7, 11) is 0. The van der Waals surface area contributed by atoms with Crippen molar-refractivity contribution in [3.63, 3.8) is 0 Å². The number of aromatic nitrogens is 2. The molecule has 2 aromatic heterocycles. The third kappa shape index (κ3) is 3.64. The SMILES string of the molecule is c1ccc(-c2nc(-c3ccc4c(c3)oc3ccccc34)cc(-c3cccc4c3C3(c5ccccc5-c5ccccc53)c3ccccc3-4)n2)cc1. The maximum Gasteiger partial charge on any atom is 0.160 e. The first-order valence-electron chi connectivity index (χ1n) is 17.1. The lowest BCUT2D eigenvalue weighted by Gasteiger charge is -2.32. The molecule has 11 rings (SSSR count). The molecule has 50 heavy (non-hydrogen) atoms. The first kappa shape index (κ1) is 27.4. The van der Waals surface area contributed by atoms with E-state index in [9.17, 15) is 0 Å². The Morgan fingerprint density at radius 1 is 0.380 bits per heavy atom. The van der Waals surface area contributed by atoms with Gasteiger partial charge in [-0.3, -0.25) is 0 Å². The molecule has 0 unspecified atom stereocenters. The van der Waals surface area contributed by atoms with Crippen molar-refractivity contribution in [2.75, 3.05) is 0 Å². The average molecular weight is 637 g/mol. The minimum Gasteiger partial charge on any atom is -0.456 e. The summed E-state index contributed by atoms with van der Waals surface area (Å²) in [6, 6.07) is 60.6. The quantitative estimate of drug-likeness (QED) is 0.194. The Kier molecular flexibility index (Phi) is 5.59. The number of para-hydroxylation sites is 1. The van der Waals surface area contributed by atoms with Crippen molar-refractivity contribution in [1.29, 1.82) is 0 Å². The molecule has 2 aliphatic carbocycles. The van der Waals surface area contributed by atoms with Crippen LogP contribution in [0.15, 0.2) is 174 Å². The van der Waals surface area contributed by atoms with E-state index in [1.54, 1.807) is 0 Å². The number of rotatable bonds is 3. The van der Waals surface area contributed by atoms with Crippen LogP contribution in [-0.4, -0.2) is 9.97 Å². The molecular formula is C47H28N2O. The van der Waals surface area contributed by atoms with Gasteiger partial charge in [0.2, 0.25) is 0 Å². The van der Waals surface area contributed by atoms with Crippen molar-refractivity contribution in [3.8, 4) is 56.2 Å². The van der Waals surface area contributed by atoms with Crippen LogP contribution in [0, 0.1) is 0 Å². The Labute approximate surface area is 289 Å². The van der Waals surface area contributed by atoms with Gasteiger partial charge in [-0.15, -0.1) is 0 Å². The van der Waals surface area contributed by atoms with E-state index in [1.165, 1.54) is 44.5 Å². The monoisotopic (exact) mass is 636 g/mol. The molecule has 7 aromatic carbocycles. The van der Waals surface area contributed by atoms with E-state index < -0.39 is 5.41 Å².